The quantitative estimate of drug-likeness (QED) is 0.0627. The Hall–Kier alpha value is -5.53. The zero-order valence-electron chi connectivity index (χ0n) is 33.6. The first kappa shape index (κ1) is 41.6. The first-order chi connectivity index (χ1) is 28.7. The van der Waals surface area contributed by atoms with Crippen LogP contribution in [-0.2, 0) is 27.2 Å². The summed E-state index contributed by atoms with van der Waals surface area (Å²) in [6.07, 6.45) is 1.54. The Bertz CT molecular complexity index is 2220. The predicted octanol–water partition coefficient (Wildman–Crippen LogP) is 6.48. The number of aromatic nitrogens is 1. The van der Waals surface area contributed by atoms with Crippen LogP contribution in [0.3, 0.4) is 0 Å². The summed E-state index contributed by atoms with van der Waals surface area (Å²) >= 11 is 0. The van der Waals surface area contributed by atoms with E-state index in [4.69, 9.17) is 9.47 Å². The van der Waals surface area contributed by atoms with Crippen molar-refractivity contribution in [3.05, 3.63) is 130 Å². The fourth-order valence-electron chi connectivity index (χ4n) is 8.57. The number of amides is 2. The Morgan fingerprint density at radius 3 is 2.39 bits per heavy atom. The van der Waals surface area contributed by atoms with E-state index in [-0.39, 0.29) is 29.9 Å². The third-order valence-corrected chi connectivity index (χ3v) is 11.6. The molecular weight excluding hydrogens is 747 g/mol. The van der Waals surface area contributed by atoms with Crippen molar-refractivity contribution in [2.24, 2.45) is 11.8 Å². The number of nitrogens with zero attached hydrogens (tertiary/aromatic N) is 2. The Morgan fingerprint density at radius 2 is 1.63 bits per heavy atom. The number of aromatic hydroxyl groups is 1. The number of nitrogens with one attached hydrogen (secondary N) is 3. The minimum Gasteiger partial charge on any atom is -0.506 e. The van der Waals surface area contributed by atoms with E-state index in [9.17, 15) is 24.6 Å². The molecule has 12 heteroatoms. The summed E-state index contributed by atoms with van der Waals surface area (Å²) < 4.78 is 11.8. The van der Waals surface area contributed by atoms with Gasteiger partial charge in [0.2, 0.25) is 11.5 Å². The third-order valence-electron chi connectivity index (χ3n) is 11.6. The molecule has 1 aliphatic carbocycles. The van der Waals surface area contributed by atoms with Crippen LogP contribution in [0.4, 0.5) is 10.5 Å². The van der Waals surface area contributed by atoms with Crippen LogP contribution in [0.25, 0.3) is 22.0 Å². The van der Waals surface area contributed by atoms with Gasteiger partial charge in [0.15, 0.2) is 0 Å². The summed E-state index contributed by atoms with van der Waals surface area (Å²) in [5.74, 6) is 1.03. The second kappa shape index (κ2) is 20.0. The number of fused-ring (bicyclic) bond motifs is 2. The maximum absolute atomic E-state index is 12.9. The molecule has 310 valence electrons. The summed E-state index contributed by atoms with van der Waals surface area (Å²) in [4.78, 5) is 44.4. The molecule has 59 heavy (non-hydrogen) atoms. The van der Waals surface area contributed by atoms with Crippen LogP contribution in [0.15, 0.2) is 108 Å². The van der Waals surface area contributed by atoms with E-state index in [0.29, 0.717) is 67.6 Å². The van der Waals surface area contributed by atoms with Crippen molar-refractivity contribution in [2.75, 3.05) is 57.8 Å². The zero-order valence-corrected chi connectivity index (χ0v) is 33.6. The highest BCUT2D eigenvalue weighted by Gasteiger charge is 2.42. The molecule has 7 rings (SSSR count). The molecule has 0 spiro atoms. The third kappa shape index (κ3) is 11.0. The summed E-state index contributed by atoms with van der Waals surface area (Å²) in [6.45, 7) is 7.57. The number of aliphatic hydroxyl groups is 1. The minimum absolute atomic E-state index is 0.0213. The second-order valence-corrected chi connectivity index (χ2v) is 15.7. The number of aliphatic hydroxyl groups excluding tert-OH is 1. The fraction of sp³-hybridized carbons (Fsp3) is 0.383. The van der Waals surface area contributed by atoms with E-state index in [1.807, 2.05) is 61.5 Å². The topological polar surface area (TPSA) is 156 Å². The lowest BCUT2D eigenvalue weighted by molar-refractivity contribution is -0.132. The number of likely N-dealkylation sites (tertiary alicyclic amines) is 1. The van der Waals surface area contributed by atoms with Gasteiger partial charge in [-0.1, -0.05) is 78.9 Å². The molecule has 5 N–H and O–H groups in total. The molecule has 1 aromatic heterocycles. The van der Waals surface area contributed by atoms with Crippen molar-refractivity contribution in [1.29, 1.82) is 0 Å². The average Bonchev–Trinajstić information content (AvgIpc) is 3.79. The van der Waals surface area contributed by atoms with Crippen molar-refractivity contribution >= 4 is 28.6 Å². The van der Waals surface area contributed by atoms with Crippen molar-refractivity contribution in [3.8, 4) is 16.9 Å². The van der Waals surface area contributed by atoms with Gasteiger partial charge in [0.05, 0.1) is 36.9 Å². The molecule has 4 aromatic carbocycles. The lowest BCUT2D eigenvalue weighted by atomic mass is 10.0. The van der Waals surface area contributed by atoms with Gasteiger partial charge in [-0.2, -0.15) is 0 Å². The van der Waals surface area contributed by atoms with Crippen LogP contribution < -0.4 is 16.2 Å². The van der Waals surface area contributed by atoms with Crippen LogP contribution in [0.1, 0.15) is 49.0 Å². The molecule has 2 aliphatic rings. The SMILES string of the molecule is CCN(CCNC[C@H](O)c1ccc(O)c2[nH]c(=O)ccc12)C(=O)CCOCCc1ccc(CN2CC3CC(OC(=O)Nc4ccccc4-c4ccccc4)C[C@H]3C2)cc1. The summed E-state index contributed by atoms with van der Waals surface area (Å²) in [5.41, 5.74) is 5.79. The molecule has 12 nitrogen and oxygen atoms in total. The molecule has 0 radical (unpaired) electrons. The number of likely N-dealkylation sites (N-methyl/N-ethyl adjacent to an activating group) is 1. The average molecular weight is 802 g/mol. The molecule has 4 atom stereocenters. The molecule has 5 aromatic rings. The molecule has 2 unspecified atom stereocenters. The number of hydrogen-bond donors (Lipinski definition) is 5. The molecule has 1 saturated carbocycles. The summed E-state index contributed by atoms with van der Waals surface area (Å²) in [5, 5.41) is 27.7. The summed E-state index contributed by atoms with van der Waals surface area (Å²) in [6, 6.07) is 32.6. The predicted molar refractivity (Wildman–Crippen MR) is 229 cm³/mol. The molecule has 1 aliphatic heterocycles. The van der Waals surface area contributed by atoms with E-state index in [1.165, 1.54) is 23.3 Å². The highest BCUT2D eigenvalue weighted by atomic mass is 16.6. The molecule has 1 saturated heterocycles. The van der Waals surface area contributed by atoms with E-state index in [2.05, 4.69) is 44.8 Å². The number of carbonyl (C=O) groups is 2. The molecule has 2 heterocycles. The number of anilines is 1. The Kier molecular flexibility index (Phi) is 14.1. The van der Waals surface area contributed by atoms with Gasteiger partial charge in [-0.25, -0.2) is 4.79 Å². The molecular formula is C47H55N5O7. The normalized spacial score (nSPS) is 18.1. The minimum atomic E-state index is -0.863. The van der Waals surface area contributed by atoms with E-state index in [1.54, 1.807) is 17.0 Å². The van der Waals surface area contributed by atoms with Gasteiger partial charge < -0.3 is 34.9 Å². The lowest BCUT2D eigenvalue weighted by Gasteiger charge is -2.22. The lowest BCUT2D eigenvalue weighted by Crippen LogP contribution is -2.38. The van der Waals surface area contributed by atoms with Crippen LogP contribution >= 0.6 is 0 Å². The van der Waals surface area contributed by atoms with Crippen LogP contribution in [-0.4, -0.2) is 95.6 Å². The standard InChI is InChI=1S/C47H55N5O7/c1-2-52(23-22-48-28-43(54)39-16-18-42(53)46-40(39)17-19-44(55)50-46)45(56)21-25-58-24-20-32-12-14-33(15-13-32)29-51-30-35-26-37(27-36(35)31-51)59-47(57)49-41-11-7-6-10-38(41)34-8-4-3-5-9-34/h3-19,35-37,43,48,53-54H,2,20-31H2,1H3,(H,49,57)(H,50,55)/t35-,36?,37?,43-/m0/s1. The van der Waals surface area contributed by atoms with Gasteiger partial charge in [0.1, 0.15) is 11.9 Å². The molecule has 2 fully saturated rings. The van der Waals surface area contributed by atoms with Gasteiger partial charge >= 0.3 is 6.09 Å². The van der Waals surface area contributed by atoms with E-state index < -0.39 is 12.2 Å². The molecule has 2 amide bonds. The van der Waals surface area contributed by atoms with E-state index in [0.717, 1.165) is 55.7 Å². The monoisotopic (exact) mass is 801 g/mol. The Morgan fingerprint density at radius 1 is 0.898 bits per heavy atom. The number of aromatic amines is 1. The number of phenolic OH excluding ortho intramolecular Hbond substituents is 1. The fourth-order valence-corrected chi connectivity index (χ4v) is 8.57. The van der Waals surface area contributed by atoms with Crippen LogP contribution in [0, 0.1) is 11.8 Å². The highest BCUT2D eigenvalue weighted by molar-refractivity contribution is 5.91. The maximum atomic E-state index is 12.9. The number of pyridine rings is 1. The van der Waals surface area contributed by atoms with Crippen LogP contribution in [0.5, 0.6) is 5.75 Å². The first-order valence-corrected chi connectivity index (χ1v) is 20.8. The number of para-hydroxylation sites is 1. The number of H-pyrrole nitrogens is 1. The second-order valence-electron chi connectivity index (χ2n) is 15.7. The van der Waals surface area contributed by atoms with Gasteiger partial charge in [0, 0.05) is 62.8 Å². The van der Waals surface area contributed by atoms with Crippen molar-refractivity contribution in [1.82, 2.24) is 20.1 Å². The van der Waals surface area contributed by atoms with Gasteiger partial charge in [-0.3, -0.25) is 19.8 Å². The van der Waals surface area contributed by atoms with E-state index >= 15 is 0 Å². The van der Waals surface area contributed by atoms with Crippen molar-refractivity contribution < 1.29 is 29.3 Å². The summed E-state index contributed by atoms with van der Waals surface area (Å²) in [7, 11) is 0. The number of ether oxygens (including phenoxy) is 2. The maximum Gasteiger partial charge on any atom is 0.411 e. The zero-order chi connectivity index (χ0) is 41.1. The smallest absolute Gasteiger partial charge is 0.411 e. The van der Waals surface area contributed by atoms with Gasteiger partial charge in [-0.15, -0.1) is 0 Å². The molecule has 0 bridgehead atoms. The number of benzene rings is 4. The van der Waals surface area contributed by atoms with Crippen molar-refractivity contribution in [2.45, 2.75) is 51.4 Å². The van der Waals surface area contributed by atoms with Crippen LogP contribution in [0.2, 0.25) is 0 Å². The highest BCUT2D eigenvalue weighted by Crippen LogP contribution is 2.40. The van der Waals surface area contributed by atoms with Gasteiger partial charge in [-0.05, 0) is 78.5 Å². The number of phenols is 1. The Balaban J connectivity index is 0.753. The van der Waals surface area contributed by atoms with Crippen molar-refractivity contribution in [3.63, 3.8) is 0 Å². The van der Waals surface area contributed by atoms with Gasteiger partial charge in [0.25, 0.3) is 0 Å². The Labute approximate surface area is 345 Å². The number of hydrogen-bond acceptors (Lipinski definition) is 9. The largest absolute Gasteiger partial charge is 0.506 e. The first-order valence-electron chi connectivity index (χ1n) is 20.8. The number of carbonyl (C=O) groups excluding carboxylic acids is 2. The number of rotatable bonds is 18.